The number of hydrogen-bond acceptors (Lipinski definition) is 5. The highest BCUT2D eigenvalue weighted by molar-refractivity contribution is 5.74. The summed E-state index contributed by atoms with van der Waals surface area (Å²) in [5.41, 5.74) is 6.11. The number of aliphatic carboxylic acids is 1. The molecule has 0 fully saturated rings. The van der Waals surface area contributed by atoms with Crippen LogP contribution in [0.3, 0.4) is 0 Å². The molecular formula is C11H15NO5. The summed E-state index contributed by atoms with van der Waals surface area (Å²) in [6.07, 6.45) is -1.39. The molecule has 0 aromatic heterocycles. The average Bonchev–Trinajstić information content (AvgIpc) is 2.26. The van der Waals surface area contributed by atoms with E-state index in [1.54, 1.807) is 6.92 Å². The molecule has 17 heavy (non-hydrogen) atoms. The molecule has 0 aliphatic rings. The van der Waals surface area contributed by atoms with Crippen LogP contribution in [-0.2, 0) is 4.79 Å². The van der Waals surface area contributed by atoms with Crippen molar-refractivity contribution in [1.29, 1.82) is 0 Å². The van der Waals surface area contributed by atoms with E-state index < -0.39 is 18.1 Å². The summed E-state index contributed by atoms with van der Waals surface area (Å²) in [6.45, 7) is 1.67. The maximum atomic E-state index is 10.6. The van der Waals surface area contributed by atoms with Gasteiger partial charge in [0.1, 0.15) is 12.1 Å². The van der Waals surface area contributed by atoms with Gasteiger partial charge < -0.3 is 25.8 Å². The number of phenols is 1. The molecule has 0 saturated heterocycles. The zero-order chi connectivity index (χ0) is 13.2. The number of aromatic hydroxyl groups is 1. The third-order valence-electron chi connectivity index (χ3n) is 2.45. The van der Waals surface area contributed by atoms with Crippen molar-refractivity contribution in [1.82, 2.24) is 0 Å². The highest BCUT2D eigenvalue weighted by Gasteiger charge is 2.25. The summed E-state index contributed by atoms with van der Waals surface area (Å²) in [4.78, 5) is 10.6. The van der Waals surface area contributed by atoms with Gasteiger partial charge in [0.15, 0.2) is 11.5 Å². The average molecular weight is 241 g/mol. The van der Waals surface area contributed by atoms with Gasteiger partial charge >= 0.3 is 5.97 Å². The number of carbonyl (C=O) groups is 1. The topological polar surface area (TPSA) is 113 Å². The highest BCUT2D eigenvalue weighted by atomic mass is 16.5. The van der Waals surface area contributed by atoms with Crippen molar-refractivity contribution in [2.75, 3.05) is 7.11 Å². The number of aryl methyl sites for hydroxylation is 1. The monoisotopic (exact) mass is 241 g/mol. The molecule has 6 heteroatoms. The normalized spacial score (nSPS) is 14.1. The molecule has 1 unspecified atom stereocenters. The number of methoxy groups -OCH3 is 1. The van der Waals surface area contributed by atoms with E-state index in [0.717, 1.165) is 0 Å². The summed E-state index contributed by atoms with van der Waals surface area (Å²) in [5, 5.41) is 28.0. The fraction of sp³-hybridized carbons (Fsp3) is 0.364. The third-order valence-corrected chi connectivity index (χ3v) is 2.45. The van der Waals surface area contributed by atoms with Gasteiger partial charge in [-0.1, -0.05) is 0 Å². The zero-order valence-corrected chi connectivity index (χ0v) is 9.54. The van der Waals surface area contributed by atoms with Crippen molar-refractivity contribution in [2.45, 2.75) is 19.1 Å². The highest BCUT2D eigenvalue weighted by Crippen LogP contribution is 2.33. The number of aliphatic hydroxyl groups is 1. The van der Waals surface area contributed by atoms with Gasteiger partial charge in [-0.25, -0.2) is 0 Å². The third kappa shape index (κ3) is 2.66. The van der Waals surface area contributed by atoms with Crippen LogP contribution >= 0.6 is 0 Å². The van der Waals surface area contributed by atoms with Gasteiger partial charge in [0.2, 0.25) is 0 Å². The molecule has 0 amide bonds. The lowest BCUT2D eigenvalue weighted by Gasteiger charge is -2.17. The van der Waals surface area contributed by atoms with Gasteiger partial charge in [-0.05, 0) is 30.2 Å². The number of ether oxygens (including phenoxy) is 1. The SMILES string of the molecule is COc1c(C)cc(C(O)[C@H](N)C(=O)O)cc1O. The van der Waals surface area contributed by atoms with Crippen LogP contribution in [0.1, 0.15) is 17.2 Å². The van der Waals surface area contributed by atoms with Crippen LogP contribution in [0.5, 0.6) is 11.5 Å². The van der Waals surface area contributed by atoms with Gasteiger partial charge in [-0.2, -0.15) is 0 Å². The number of phenolic OH excluding ortho intramolecular Hbond substituents is 1. The molecule has 0 saturated carbocycles. The van der Waals surface area contributed by atoms with Gasteiger partial charge in [0, 0.05) is 0 Å². The zero-order valence-electron chi connectivity index (χ0n) is 9.54. The Morgan fingerprint density at radius 1 is 1.47 bits per heavy atom. The minimum absolute atomic E-state index is 0.167. The molecule has 6 nitrogen and oxygen atoms in total. The number of carboxylic acid groups (broad SMARTS) is 1. The van der Waals surface area contributed by atoms with Crippen molar-refractivity contribution in [2.24, 2.45) is 5.73 Å². The molecule has 0 spiro atoms. The Kier molecular flexibility index (Phi) is 3.93. The predicted octanol–water partition coefficient (Wildman–Crippen LogP) is 0.155. The Hall–Kier alpha value is -1.79. The first kappa shape index (κ1) is 13.3. The summed E-state index contributed by atoms with van der Waals surface area (Å²) in [5.74, 6) is -1.20. The Morgan fingerprint density at radius 3 is 2.47 bits per heavy atom. The van der Waals surface area contributed by atoms with Crippen molar-refractivity contribution in [3.8, 4) is 11.5 Å². The van der Waals surface area contributed by atoms with Crippen molar-refractivity contribution < 1.29 is 24.9 Å². The van der Waals surface area contributed by atoms with Crippen LogP contribution in [-0.4, -0.2) is 34.4 Å². The molecule has 1 aromatic carbocycles. The Labute approximate surface area is 98.3 Å². The number of benzene rings is 1. The van der Waals surface area contributed by atoms with Crippen LogP contribution < -0.4 is 10.5 Å². The summed E-state index contributed by atoms with van der Waals surface area (Å²) >= 11 is 0. The van der Waals surface area contributed by atoms with Crippen LogP contribution in [0.2, 0.25) is 0 Å². The van der Waals surface area contributed by atoms with E-state index in [4.69, 9.17) is 15.6 Å². The molecule has 1 rings (SSSR count). The lowest BCUT2D eigenvalue weighted by atomic mass is 10.00. The Morgan fingerprint density at radius 2 is 2.06 bits per heavy atom. The molecule has 0 aliphatic carbocycles. The van der Waals surface area contributed by atoms with Crippen LogP contribution in [0.15, 0.2) is 12.1 Å². The van der Waals surface area contributed by atoms with Crippen LogP contribution in [0, 0.1) is 6.92 Å². The quantitative estimate of drug-likeness (QED) is 0.597. The molecule has 0 heterocycles. The van der Waals surface area contributed by atoms with E-state index in [1.807, 2.05) is 0 Å². The van der Waals surface area contributed by atoms with Gasteiger partial charge in [-0.15, -0.1) is 0 Å². The molecule has 0 radical (unpaired) electrons. The smallest absolute Gasteiger partial charge is 0.323 e. The van der Waals surface area contributed by atoms with Gasteiger partial charge in [-0.3, -0.25) is 4.79 Å². The molecule has 5 N–H and O–H groups in total. The largest absolute Gasteiger partial charge is 0.504 e. The number of aliphatic hydroxyl groups excluding tert-OH is 1. The predicted molar refractivity (Wildman–Crippen MR) is 60.0 cm³/mol. The van der Waals surface area contributed by atoms with E-state index >= 15 is 0 Å². The van der Waals surface area contributed by atoms with E-state index in [-0.39, 0.29) is 17.1 Å². The fourth-order valence-corrected chi connectivity index (χ4v) is 1.56. The van der Waals surface area contributed by atoms with E-state index in [1.165, 1.54) is 19.2 Å². The minimum Gasteiger partial charge on any atom is -0.504 e. The fourth-order valence-electron chi connectivity index (χ4n) is 1.56. The molecule has 94 valence electrons. The summed E-state index contributed by atoms with van der Waals surface area (Å²) in [7, 11) is 1.40. The van der Waals surface area contributed by atoms with Gasteiger partial charge in [0.25, 0.3) is 0 Å². The maximum absolute atomic E-state index is 10.6. The standard InChI is InChI=1S/C11H15NO5/c1-5-3-6(4-7(13)10(5)17-2)9(14)8(12)11(15)16/h3-4,8-9,13-14H,12H2,1-2H3,(H,15,16)/t8-,9?/m0/s1. The molecule has 2 atom stereocenters. The lowest BCUT2D eigenvalue weighted by Crippen LogP contribution is -2.36. The van der Waals surface area contributed by atoms with E-state index in [9.17, 15) is 15.0 Å². The number of rotatable bonds is 4. The summed E-state index contributed by atoms with van der Waals surface area (Å²) in [6, 6.07) is 1.31. The number of nitrogens with two attached hydrogens (primary N) is 1. The molecular weight excluding hydrogens is 226 g/mol. The number of carboxylic acids is 1. The van der Waals surface area contributed by atoms with Crippen molar-refractivity contribution in [3.05, 3.63) is 23.3 Å². The molecule has 1 aromatic rings. The minimum atomic E-state index is -1.44. The van der Waals surface area contributed by atoms with Crippen molar-refractivity contribution >= 4 is 5.97 Å². The first-order chi connectivity index (χ1) is 7.88. The second kappa shape index (κ2) is 5.03. The molecule has 0 aliphatic heterocycles. The molecule has 0 bridgehead atoms. The summed E-state index contributed by atoms with van der Waals surface area (Å²) < 4.78 is 4.94. The number of hydrogen-bond donors (Lipinski definition) is 4. The van der Waals surface area contributed by atoms with Crippen LogP contribution in [0.4, 0.5) is 0 Å². The Bertz CT molecular complexity index is 409. The second-order valence-electron chi connectivity index (χ2n) is 3.70. The van der Waals surface area contributed by atoms with E-state index in [2.05, 4.69) is 0 Å². The first-order valence-electron chi connectivity index (χ1n) is 4.92. The first-order valence-corrected chi connectivity index (χ1v) is 4.92. The Balaban J connectivity index is 3.12. The second-order valence-corrected chi connectivity index (χ2v) is 3.70. The van der Waals surface area contributed by atoms with Crippen molar-refractivity contribution in [3.63, 3.8) is 0 Å². The van der Waals surface area contributed by atoms with Gasteiger partial charge in [0.05, 0.1) is 7.11 Å². The lowest BCUT2D eigenvalue weighted by molar-refractivity contribution is -0.141. The van der Waals surface area contributed by atoms with Crippen LogP contribution in [0.25, 0.3) is 0 Å². The maximum Gasteiger partial charge on any atom is 0.323 e. The van der Waals surface area contributed by atoms with E-state index in [0.29, 0.717) is 5.56 Å².